The number of pyridine rings is 1. The fraction of sp³-hybridized carbons (Fsp3) is 0.333. The maximum absolute atomic E-state index is 10.7. The van der Waals surface area contributed by atoms with Crippen molar-refractivity contribution in [3.63, 3.8) is 0 Å². The third-order valence-electron chi connectivity index (χ3n) is 1.56. The number of nitrogens with zero attached hydrogens (tertiary/aromatic N) is 1. The van der Waals surface area contributed by atoms with Crippen LogP contribution in [0.1, 0.15) is 23.0 Å². The number of carboxylic acid groups (broad SMARTS) is 1. The molecular weight excluding hydrogens is 168 g/mol. The van der Waals surface area contributed by atoms with Gasteiger partial charge in [-0.25, -0.2) is 9.78 Å². The van der Waals surface area contributed by atoms with Gasteiger partial charge in [0.1, 0.15) is 5.82 Å². The average molecular weight is 180 g/mol. The second kappa shape index (κ2) is 3.89. The standard InChI is InChI=1S/C9H12N2O2/c1-3-10-8-5-7(9(12)13)4-6(2)11-8/h4-5H,3H2,1-2H3,(H,10,11)(H,12,13). The molecule has 0 spiro atoms. The lowest BCUT2D eigenvalue weighted by atomic mass is 10.2. The van der Waals surface area contributed by atoms with Crippen LogP contribution < -0.4 is 5.32 Å². The number of aromatic nitrogens is 1. The Hall–Kier alpha value is -1.58. The predicted octanol–water partition coefficient (Wildman–Crippen LogP) is 1.52. The highest BCUT2D eigenvalue weighted by Gasteiger charge is 2.05. The molecule has 4 nitrogen and oxygen atoms in total. The van der Waals surface area contributed by atoms with Gasteiger partial charge in [-0.1, -0.05) is 0 Å². The van der Waals surface area contributed by atoms with Crippen molar-refractivity contribution >= 4 is 11.8 Å². The van der Waals surface area contributed by atoms with Crippen LogP contribution in [0.25, 0.3) is 0 Å². The van der Waals surface area contributed by atoms with Crippen LogP contribution in [-0.4, -0.2) is 22.6 Å². The molecule has 0 aliphatic rings. The van der Waals surface area contributed by atoms with Gasteiger partial charge in [-0.05, 0) is 26.0 Å². The van der Waals surface area contributed by atoms with Gasteiger partial charge in [-0.2, -0.15) is 0 Å². The van der Waals surface area contributed by atoms with Crippen LogP contribution in [0.3, 0.4) is 0 Å². The molecule has 2 N–H and O–H groups in total. The molecule has 13 heavy (non-hydrogen) atoms. The molecule has 0 aromatic carbocycles. The maximum Gasteiger partial charge on any atom is 0.335 e. The van der Waals surface area contributed by atoms with E-state index >= 15 is 0 Å². The Balaban J connectivity index is 3.03. The number of carbonyl (C=O) groups is 1. The second-order valence-electron chi connectivity index (χ2n) is 2.72. The Kier molecular flexibility index (Phi) is 2.84. The number of aryl methyl sites for hydroxylation is 1. The molecule has 0 bridgehead atoms. The fourth-order valence-electron chi connectivity index (χ4n) is 1.06. The zero-order chi connectivity index (χ0) is 9.84. The van der Waals surface area contributed by atoms with E-state index in [-0.39, 0.29) is 5.56 Å². The first-order chi connectivity index (χ1) is 6.13. The van der Waals surface area contributed by atoms with E-state index in [1.54, 1.807) is 13.0 Å². The number of anilines is 1. The van der Waals surface area contributed by atoms with Gasteiger partial charge < -0.3 is 10.4 Å². The monoisotopic (exact) mass is 180 g/mol. The van der Waals surface area contributed by atoms with Gasteiger partial charge in [0.05, 0.1) is 5.56 Å². The molecular formula is C9H12N2O2. The largest absolute Gasteiger partial charge is 0.478 e. The molecule has 0 saturated heterocycles. The molecule has 4 heteroatoms. The molecule has 0 atom stereocenters. The van der Waals surface area contributed by atoms with Gasteiger partial charge in [-0.15, -0.1) is 0 Å². The van der Waals surface area contributed by atoms with E-state index in [2.05, 4.69) is 10.3 Å². The van der Waals surface area contributed by atoms with E-state index in [1.165, 1.54) is 6.07 Å². The zero-order valence-corrected chi connectivity index (χ0v) is 7.66. The summed E-state index contributed by atoms with van der Waals surface area (Å²) < 4.78 is 0. The summed E-state index contributed by atoms with van der Waals surface area (Å²) in [4.78, 5) is 14.8. The van der Waals surface area contributed by atoms with Crippen molar-refractivity contribution in [3.8, 4) is 0 Å². The lowest BCUT2D eigenvalue weighted by Gasteiger charge is -2.04. The predicted molar refractivity (Wildman–Crippen MR) is 50.1 cm³/mol. The van der Waals surface area contributed by atoms with Crippen molar-refractivity contribution in [2.24, 2.45) is 0 Å². The summed E-state index contributed by atoms with van der Waals surface area (Å²) in [5.41, 5.74) is 0.972. The number of carboxylic acids is 1. The van der Waals surface area contributed by atoms with E-state index < -0.39 is 5.97 Å². The molecule has 1 heterocycles. The highest BCUT2D eigenvalue weighted by Crippen LogP contribution is 2.09. The Bertz CT molecular complexity index is 323. The maximum atomic E-state index is 10.7. The lowest BCUT2D eigenvalue weighted by molar-refractivity contribution is 0.0696. The lowest BCUT2D eigenvalue weighted by Crippen LogP contribution is -2.04. The van der Waals surface area contributed by atoms with Crippen LogP contribution in [0.15, 0.2) is 12.1 Å². The Labute approximate surface area is 76.6 Å². The Morgan fingerprint density at radius 2 is 2.31 bits per heavy atom. The van der Waals surface area contributed by atoms with Gasteiger partial charge in [-0.3, -0.25) is 0 Å². The normalized spacial score (nSPS) is 9.69. The second-order valence-corrected chi connectivity index (χ2v) is 2.72. The van der Waals surface area contributed by atoms with Crippen LogP contribution >= 0.6 is 0 Å². The summed E-state index contributed by atoms with van der Waals surface area (Å²) >= 11 is 0. The van der Waals surface area contributed by atoms with Gasteiger partial charge in [0, 0.05) is 12.2 Å². The quantitative estimate of drug-likeness (QED) is 0.740. The van der Waals surface area contributed by atoms with Crippen molar-refractivity contribution < 1.29 is 9.90 Å². The molecule has 0 unspecified atom stereocenters. The van der Waals surface area contributed by atoms with Crippen LogP contribution in [0.4, 0.5) is 5.82 Å². The topological polar surface area (TPSA) is 62.2 Å². The fourth-order valence-corrected chi connectivity index (χ4v) is 1.06. The molecule has 0 radical (unpaired) electrons. The van der Waals surface area contributed by atoms with Crippen LogP contribution in [-0.2, 0) is 0 Å². The summed E-state index contributed by atoms with van der Waals surface area (Å²) in [6, 6.07) is 3.07. The minimum absolute atomic E-state index is 0.267. The molecule has 1 aromatic heterocycles. The molecule has 1 rings (SSSR count). The summed E-state index contributed by atoms with van der Waals surface area (Å²) in [6.07, 6.45) is 0. The van der Waals surface area contributed by atoms with Crippen molar-refractivity contribution in [3.05, 3.63) is 23.4 Å². The van der Waals surface area contributed by atoms with E-state index in [0.717, 1.165) is 6.54 Å². The number of aromatic carboxylic acids is 1. The number of nitrogens with one attached hydrogen (secondary N) is 1. The van der Waals surface area contributed by atoms with Gasteiger partial charge in [0.25, 0.3) is 0 Å². The van der Waals surface area contributed by atoms with Crippen molar-refractivity contribution in [1.29, 1.82) is 0 Å². The van der Waals surface area contributed by atoms with Gasteiger partial charge in [0.15, 0.2) is 0 Å². The molecule has 0 fully saturated rings. The van der Waals surface area contributed by atoms with Crippen molar-refractivity contribution in [2.75, 3.05) is 11.9 Å². The SMILES string of the molecule is CCNc1cc(C(=O)O)cc(C)n1. The third-order valence-corrected chi connectivity index (χ3v) is 1.56. The number of rotatable bonds is 3. The summed E-state index contributed by atoms with van der Waals surface area (Å²) in [5, 5.41) is 11.7. The molecule has 70 valence electrons. The minimum Gasteiger partial charge on any atom is -0.478 e. The van der Waals surface area contributed by atoms with Crippen LogP contribution in [0.2, 0.25) is 0 Å². The highest BCUT2D eigenvalue weighted by atomic mass is 16.4. The molecule has 0 aliphatic carbocycles. The first-order valence-electron chi connectivity index (χ1n) is 4.09. The first-order valence-corrected chi connectivity index (χ1v) is 4.09. The van der Waals surface area contributed by atoms with Crippen LogP contribution in [0, 0.1) is 6.92 Å². The summed E-state index contributed by atoms with van der Waals surface area (Å²) in [6.45, 7) is 4.44. The van der Waals surface area contributed by atoms with Crippen molar-refractivity contribution in [2.45, 2.75) is 13.8 Å². The molecule has 1 aromatic rings. The Morgan fingerprint density at radius 3 is 2.85 bits per heavy atom. The van der Waals surface area contributed by atoms with E-state index in [1.807, 2.05) is 6.92 Å². The zero-order valence-electron chi connectivity index (χ0n) is 7.66. The number of hydrogen-bond donors (Lipinski definition) is 2. The van der Waals surface area contributed by atoms with Crippen molar-refractivity contribution in [1.82, 2.24) is 4.98 Å². The van der Waals surface area contributed by atoms with Crippen LogP contribution in [0.5, 0.6) is 0 Å². The third kappa shape index (κ3) is 2.43. The smallest absolute Gasteiger partial charge is 0.335 e. The van der Waals surface area contributed by atoms with E-state index in [9.17, 15) is 4.79 Å². The van der Waals surface area contributed by atoms with Gasteiger partial charge >= 0.3 is 5.97 Å². The molecule has 0 saturated carbocycles. The Morgan fingerprint density at radius 1 is 1.62 bits per heavy atom. The average Bonchev–Trinajstić information content (AvgIpc) is 2.03. The number of hydrogen-bond acceptors (Lipinski definition) is 3. The molecule has 0 amide bonds. The summed E-state index contributed by atoms with van der Waals surface area (Å²) in [5.74, 6) is -0.315. The van der Waals surface area contributed by atoms with E-state index in [0.29, 0.717) is 11.5 Å². The van der Waals surface area contributed by atoms with Gasteiger partial charge in [0.2, 0.25) is 0 Å². The minimum atomic E-state index is -0.926. The van der Waals surface area contributed by atoms with E-state index in [4.69, 9.17) is 5.11 Å². The molecule has 0 aliphatic heterocycles. The first kappa shape index (κ1) is 9.51. The summed E-state index contributed by atoms with van der Waals surface area (Å²) in [7, 11) is 0. The highest BCUT2D eigenvalue weighted by molar-refractivity contribution is 5.88.